The van der Waals surface area contributed by atoms with Crippen LogP contribution in [0.4, 0.5) is 0 Å². The van der Waals surface area contributed by atoms with E-state index in [4.69, 9.17) is 0 Å². The molecule has 2 rings (SSSR count). The van der Waals surface area contributed by atoms with E-state index in [0.29, 0.717) is 0 Å². The Hall–Kier alpha value is -0.470. The van der Waals surface area contributed by atoms with Crippen LogP contribution in [-0.2, 0) is 0 Å². The van der Waals surface area contributed by atoms with Gasteiger partial charge in [0.05, 0.1) is 0 Å². The van der Waals surface area contributed by atoms with Crippen molar-refractivity contribution in [3.63, 3.8) is 0 Å². The predicted octanol–water partition coefficient (Wildman–Crippen LogP) is 4.08. The van der Waals surface area contributed by atoms with Gasteiger partial charge in [0.2, 0.25) is 0 Å². The molecule has 0 aliphatic carbocycles. The molecule has 0 spiro atoms. The van der Waals surface area contributed by atoms with Crippen LogP contribution in [-0.4, -0.2) is 0 Å². The average Bonchev–Trinajstić information content (AvgIpc) is 2.23. The third kappa shape index (κ3) is 1.50. The van der Waals surface area contributed by atoms with Crippen molar-refractivity contribution < 1.29 is 0 Å². The lowest BCUT2D eigenvalue weighted by Gasteiger charge is -1.89. The minimum atomic E-state index is 1.34. The Labute approximate surface area is 81.0 Å². The molecular formula is C10H10S2. The van der Waals surface area contributed by atoms with Gasteiger partial charge in [-0.25, -0.2) is 0 Å². The van der Waals surface area contributed by atoms with Crippen molar-refractivity contribution in [2.45, 2.75) is 18.7 Å². The summed E-state index contributed by atoms with van der Waals surface area (Å²) in [6.45, 7) is 4.30. The van der Waals surface area contributed by atoms with Gasteiger partial charge < -0.3 is 0 Å². The molecule has 2 heteroatoms. The molecule has 0 amide bonds. The van der Waals surface area contributed by atoms with Crippen molar-refractivity contribution in [1.82, 2.24) is 0 Å². The van der Waals surface area contributed by atoms with Crippen molar-refractivity contribution in [3.8, 4) is 0 Å². The van der Waals surface area contributed by atoms with E-state index in [9.17, 15) is 0 Å². The molecule has 0 radical (unpaired) electrons. The zero-order chi connectivity index (χ0) is 8.55. The highest BCUT2D eigenvalue weighted by atomic mass is 32.2. The number of fused-ring (bicyclic) bond motifs is 1. The molecule has 0 unspecified atom stereocenters. The Morgan fingerprint density at radius 3 is 2.92 bits per heavy atom. The fraction of sp³-hybridized carbons (Fsp3) is 0.200. The second kappa shape index (κ2) is 3.11. The average molecular weight is 194 g/mol. The fourth-order valence-electron chi connectivity index (χ4n) is 1.17. The number of thioether (sulfide) groups is 1. The van der Waals surface area contributed by atoms with E-state index in [-0.39, 0.29) is 0 Å². The molecule has 1 aromatic heterocycles. The summed E-state index contributed by atoms with van der Waals surface area (Å²) in [5.41, 5.74) is 1.34. The molecule has 0 N–H and O–H groups in total. The monoisotopic (exact) mass is 194 g/mol. The van der Waals surface area contributed by atoms with Crippen LogP contribution in [0.1, 0.15) is 16.7 Å². The molecule has 62 valence electrons. The van der Waals surface area contributed by atoms with Gasteiger partial charge in [-0.05, 0) is 37.0 Å². The van der Waals surface area contributed by atoms with Gasteiger partial charge >= 0.3 is 0 Å². The summed E-state index contributed by atoms with van der Waals surface area (Å²) in [7, 11) is 0. The second-order valence-electron chi connectivity index (χ2n) is 2.89. The standard InChI is InChI=1S/C10H10S2/c1-7-3-4-11-9-6-8(2)12-10(9)5-7/h3-6H,1-2H3. The zero-order valence-electron chi connectivity index (χ0n) is 7.13. The van der Waals surface area contributed by atoms with E-state index in [1.165, 1.54) is 20.2 Å². The summed E-state index contributed by atoms with van der Waals surface area (Å²) in [5.74, 6) is 0. The van der Waals surface area contributed by atoms with Gasteiger partial charge in [-0.2, -0.15) is 0 Å². The van der Waals surface area contributed by atoms with E-state index in [1.54, 1.807) is 0 Å². The SMILES string of the molecule is CC1=Cc2sc(C)cc2SC=C1. The fourth-order valence-corrected chi connectivity index (χ4v) is 3.29. The molecule has 0 bridgehead atoms. The Morgan fingerprint density at radius 1 is 1.25 bits per heavy atom. The summed E-state index contributed by atoms with van der Waals surface area (Å²) < 4.78 is 0. The van der Waals surface area contributed by atoms with E-state index in [0.717, 1.165) is 0 Å². The summed E-state index contributed by atoms with van der Waals surface area (Å²) in [5, 5.41) is 2.16. The first-order valence-electron chi connectivity index (χ1n) is 3.87. The van der Waals surface area contributed by atoms with E-state index in [1.807, 2.05) is 23.1 Å². The first-order valence-corrected chi connectivity index (χ1v) is 5.57. The number of hydrogen-bond acceptors (Lipinski definition) is 2. The minimum absolute atomic E-state index is 1.34. The molecular weight excluding hydrogens is 184 g/mol. The van der Waals surface area contributed by atoms with Crippen molar-refractivity contribution in [3.05, 3.63) is 32.9 Å². The largest absolute Gasteiger partial charge is 0.140 e. The quantitative estimate of drug-likeness (QED) is 0.599. The van der Waals surface area contributed by atoms with Crippen LogP contribution in [0.25, 0.3) is 6.08 Å². The highest BCUT2D eigenvalue weighted by molar-refractivity contribution is 8.02. The van der Waals surface area contributed by atoms with Crippen LogP contribution >= 0.6 is 23.1 Å². The van der Waals surface area contributed by atoms with Crippen molar-refractivity contribution in [1.29, 1.82) is 0 Å². The molecule has 0 aromatic carbocycles. The molecule has 12 heavy (non-hydrogen) atoms. The summed E-state index contributed by atoms with van der Waals surface area (Å²) in [6, 6.07) is 2.25. The van der Waals surface area contributed by atoms with E-state index < -0.39 is 0 Å². The lowest BCUT2D eigenvalue weighted by molar-refractivity contribution is 1.49. The third-order valence-corrected chi connectivity index (χ3v) is 3.72. The number of hydrogen-bond donors (Lipinski definition) is 0. The van der Waals surface area contributed by atoms with Crippen molar-refractivity contribution >= 4 is 29.2 Å². The van der Waals surface area contributed by atoms with Crippen molar-refractivity contribution in [2.75, 3.05) is 0 Å². The van der Waals surface area contributed by atoms with Crippen LogP contribution in [0.5, 0.6) is 0 Å². The molecule has 0 atom stereocenters. The number of aryl methyl sites for hydroxylation is 1. The molecule has 0 saturated heterocycles. The maximum absolute atomic E-state index is 2.25. The number of rotatable bonds is 0. The smallest absolute Gasteiger partial charge is 0.0415 e. The van der Waals surface area contributed by atoms with Crippen LogP contribution in [0.2, 0.25) is 0 Å². The molecule has 0 fully saturated rings. The van der Waals surface area contributed by atoms with Gasteiger partial charge in [0.1, 0.15) is 0 Å². The van der Waals surface area contributed by atoms with Gasteiger partial charge in [0.15, 0.2) is 0 Å². The second-order valence-corrected chi connectivity index (χ2v) is 5.13. The molecule has 1 aliphatic heterocycles. The van der Waals surface area contributed by atoms with Crippen molar-refractivity contribution in [2.24, 2.45) is 0 Å². The molecule has 1 aromatic rings. The van der Waals surface area contributed by atoms with Gasteiger partial charge in [-0.1, -0.05) is 17.8 Å². The molecule has 0 saturated carbocycles. The minimum Gasteiger partial charge on any atom is -0.140 e. The zero-order valence-corrected chi connectivity index (χ0v) is 8.76. The van der Waals surface area contributed by atoms with E-state index in [2.05, 4.69) is 37.5 Å². The Kier molecular flexibility index (Phi) is 2.11. The highest BCUT2D eigenvalue weighted by Gasteiger charge is 2.06. The van der Waals surface area contributed by atoms with E-state index >= 15 is 0 Å². The Morgan fingerprint density at radius 2 is 2.08 bits per heavy atom. The van der Waals surface area contributed by atoms with Gasteiger partial charge in [-0.3, -0.25) is 0 Å². The van der Waals surface area contributed by atoms with Crippen LogP contribution in [0.3, 0.4) is 0 Å². The third-order valence-electron chi connectivity index (χ3n) is 1.73. The summed E-state index contributed by atoms with van der Waals surface area (Å²) in [6.07, 6.45) is 4.41. The maximum Gasteiger partial charge on any atom is 0.0415 e. The highest BCUT2D eigenvalue weighted by Crippen LogP contribution is 2.35. The topological polar surface area (TPSA) is 0 Å². The van der Waals surface area contributed by atoms with Crippen LogP contribution in [0, 0.1) is 6.92 Å². The first-order chi connectivity index (χ1) is 5.75. The lowest BCUT2D eigenvalue weighted by atomic mass is 10.2. The number of thiophene rings is 1. The van der Waals surface area contributed by atoms with Gasteiger partial charge in [-0.15, -0.1) is 11.3 Å². The normalized spacial score (nSPS) is 15.3. The Balaban J connectivity index is 2.52. The molecule has 1 aliphatic rings. The Bertz CT molecular complexity index is 356. The maximum atomic E-state index is 2.25. The number of allylic oxidation sites excluding steroid dienone is 2. The van der Waals surface area contributed by atoms with Gasteiger partial charge in [0, 0.05) is 14.6 Å². The first kappa shape index (κ1) is 8.14. The molecule has 2 heterocycles. The summed E-state index contributed by atoms with van der Waals surface area (Å²) in [4.78, 5) is 4.19. The molecule has 0 nitrogen and oxygen atoms in total. The predicted molar refractivity (Wildman–Crippen MR) is 57.7 cm³/mol. The van der Waals surface area contributed by atoms with Gasteiger partial charge in [0.25, 0.3) is 0 Å². The van der Waals surface area contributed by atoms with Crippen LogP contribution < -0.4 is 0 Å². The lowest BCUT2D eigenvalue weighted by Crippen LogP contribution is -1.65. The summed E-state index contributed by atoms with van der Waals surface area (Å²) >= 11 is 3.68. The van der Waals surface area contributed by atoms with Crippen LogP contribution in [0.15, 0.2) is 28.0 Å².